The lowest BCUT2D eigenvalue weighted by Crippen LogP contribution is -2.52. The number of rotatable bonds is 9. The summed E-state index contributed by atoms with van der Waals surface area (Å²) in [5.74, 6) is -0.176. The molecule has 1 N–H and O–H groups in total. The van der Waals surface area contributed by atoms with Crippen LogP contribution in [0.25, 0.3) is 0 Å². The third kappa shape index (κ3) is 7.04. The molecule has 3 aromatic rings. The van der Waals surface area contributed by atoms with Gasteiger partial charge in [-0.05, 0) is 49.9 Å². The van der Waals surface area contributed by atoms with Gasteiger partial charge >= 0.3 is 0 Å². The maximum Gasteiger partial charge on any atom is 0.243 e. The molecule has 0 unspecified atom stereocenters. The highest BCUT2D eigenvalue weighted by atomic mass is 16.2. The van der Waals surface area contributed by atoms with Crippen LogP contribution >= 0.6 is 0 Å². The Morgan fingerprint density at radius 2 is 1.52 bits per heavy atom. The zero-order valence-corrected chi connectivity index (χ0v) is 20.0. The minimum absolute atomic E-state index is 0.0111. The van der Waals surface area contributed by atoms with Crippen molar-refractivity contribution in [3.05, 3.63) is 107 Å². The van der Waals surface area contributed by atoms with Gasteiger partial charge in [0.2, 0.25) is 11.8 Å². The molecule has 172 valence electrons. The zero-order chi connectivity index (χ0) is 23.8. The first-order valence-electron chi connectivity index (χ1n) is 11.6. The first-order valence-corrected chi connectivity index (χ1v) is 11.6. The number of benzene rings is 3. The third-order valence-electron chi connectivity index (χ3n) is 5.74. The Morgan fingerprint density at radius 1 is 0.848 bits per heavy atom. The van der Waals surface area contributed by atoms with E-state index in [-0.39, 0.29) is 24.3 Å². The molecule has 0 saturated heterocycles. The molecular formula is C29H34N2O2. The molecule has 3 aromatic carbocycles. The maximum atomic E-state index is 13.7. The molecule has 0 aliphatic carbocycles. The van der Waals surface area contributed by atoms with E-state index >= 15 is 0 Å². The lowest BCUT2D eigenvalue weighted by molar-refractivity contribution is -0.141. The lowest BCUT2D eigenvalue weighted by Gasteiger charge is -2.32. The summed E-state index contributed by atoms with van der Waals surface area (Å²) in [6.45, 7) is 8.32. The SMILES string of the molecule is Cc1cccc(CN(C(=O)Cc2ccccc2C)[C@H](Cc2ccccc2)C(=O)NC(C)C)c1. The average molecular weight is 443 g/mol. The van der Waals surface area contributed by atoms with Gasteiger partial charge in [0.05, 0.1) is 6.42 Å². The summed E-state index contributed by atoms with van der Waals surface area (Å²) in [5, 5.41) is 3.04. The standard InChI is InChI=1S/C29H34N2O2/c1-21(2)30-29(33)27(18-24-13-6-5-7-14-24)31(20-25-15-10-11-22(3)17-25)28(32)19-26-16-9-8-12-23(26)4/h5-17,21,27H,18-20H2,1-4H3,(H,30,33)/t27-/m1/s1. The quantitative estimate of drug-likeness (QED) is 0.506. The van der Waals surface area contributed by atoms with Crippen molar-refractivity contribution in [2.24, 2.45) is 0 Å². The van der Waals surface area contributed by atoms with Crippen LogP contribution in [0.4, 0.5) is 0 Å². The van der Waals surface area contributed by atoms with E-state index in [9.17, 15) is 9.59 Å². The Bertz CT molecular complexity index is 1080. The van der Waals surface area contributed by atoms with E-state index in [1.807, 2.05) is 100 Å². The van der Waals surface area contributed by atoms with Crippen LogP contribution < -0.4 is 5.32 Å². The van der Waals surface area contributed by atoms with Gasteiger partial charge in [-0.15, -0.1) is 0 Å². The smallest absolute Gasteiger partial charge is 0.243 e. The van der Waals surface area contributed by atoms with Crippen LogP contribution in [-0.2, 0) is 29.0 Å². The molecular weight excluding hydrogens is 408 g/mol. The fraction of sp³-hybridized carbons (Fsp3) is 0.310. The number of aryl methyl sites for hydroxylation is 2. The summed E-state index contributed by atoms with van der Waals surface area (Å²) in [5.41, 5.74) is 5.24. The van der Waals surface area contributed by atoms with Gasteiger partial charge in [0.1, 0.15) is 6.04 Å². The van der Waals surface area contributed by atoms with Crippen LogP contribution in [0.3, 0.4) is 0 Å². The van der Waals surface area contributed by atoms with Crippen molar-refractivity contribution in [1.29, 1.82) is 0 Å². The monoisotopic (exact) mass is 442 g/mol. The van der Waals surface area contributed by atoms with Gasteiger partial charge in [-0.3, -0.25) is 9.59 Å². The molecule has 4 heteroatoms. The van der Waals surface area contributed by atoms with E-state index in [4.69, 9.17) is 0 Å². The van der Waals surface area contributed by atoms with E-state index < -0.39 is 6.04 Å². The molecule has 0 saturated carbocycles. The van der Waals surface area contributed by atoms with Crippen molar-refractivity contribution in [1.82, 2.24) is 10.2 Å². The van der Waals surface area contributed by atoms with Crippen molar-refractivity contribution >= 4 is 11.8 Å². The second-order valence-electron chi connectivity index (χ2n) is 8.98. The van der Waals surface area contributed by atoms with Gasteiger partial charge in [0.25, 0.3) is 0 Å². The molecule has 0 spiro atoms. The molecule has 0 bridgehead atoms. The molecule has 3 rings (SSSR count). The van der Waals surface area contributed by atoms with Crippen molar-refractivity contribution in [2.45, 2.75) is 59.2 Å². The van der Waals surface area contributed by atoms with Crippen LogP contribution in [0.2, 0.25) is 0 Å². The zero-order valence-electron chi connectivity index (χ0n) is 20.0. The topological polar surface area (TPSA) is 49.4 Å². The van der Waals surface area contributed by atoms with Crippen molar-refractivity contribution in [2.75, 3.05) is 0 Å². The molecule has 1 atom stereocenters. The van der Waals surface area contributed by atoms with Crippen LogP contribution in [0.5, 0.6) is 0 Å². The summed E-state index contributed by atoms with van der Waals surface area (Å²) < 4.78 is 0. The lowest BCUT2D eigenvalue weighted by atomic mass is 10.00. The molecule has 0 aliphatic heterocycles. The number of carbonyl (C=O) groups is 2. The summed E-state index contributed by atoms with van der Waals surface area (Å²) in [4.78, 5) is 28.9. The fourth-order valence-electron chi connectivity index (χ4n) is 4.01. The fourth-order valence-corrected chi connectivity index (χ4v) is 4.01. The minimum atomic E-state index is -0.605. The molecule has 0 heterocycles. The highest BCUT2D eigenvalue weighted by molar-refractivity contribution is 5.89. The van der Waals surface area contributed by atoms with Crippen molar-refractivity contribution in [3.63, 3.8) is 0 Å². The first-order chi connectivity index (χ1) is 15.8. The largest absolute Gasteiger partial charge is 0.352 e. The number of carbonyl (C=O) groups excluding carboxylic acids is 2. The summed E-state index contributed by atoms with van der Waals surface area (Å²) >= 11 is 0. The molecule has 33 heavy (non-hydrogen) atoms. The van der Waals surface area contributed by atoms with Crippen LogP contribution in [-0.4, -0.2) is 28.8 Å². The van der Waals surface area contributed by atoms with E-state index in [0.29, 0.717) is 13.0 Å². The second-order valence-corrected chi connectivity index (χ2v) is 8.98. The Morgan fingerprint density at radius 3 is 2.18 bits per heavy atom. The van der Waals surface area contributed by atoms with Crippen LogP contribution in [0.15, 0.2) is 78.9 Å². The van der Waals surface area contributed by atoms with Gasteiger partial charge in [-0.2, -0.15) is 0 Å². The third-order valence-corrected chi connectivity index (χ3v) is 5.74. The molecule has 0 radical (unpaired) electrons. The van der Waals surface area contributed by atoms with E-state index in [2.05, 4.69) is 11.4 Å². The van der Waals surface area contributed by atoms with E-state index in [1.54, 1.807) is 4.90 Å². The van der Waals surface area contributed by atoms with Crippen molar-refractivity contribution in [3.8, 4) is 0 Å². The Labute approximate surface area is 197 Å². The van der Waals surface area contributed by atoms with Gasteiger partial charge in [0.15, 0.2) is 0 Å². The Balaban J connectivity index is 1.98. The van der Waals surface area contributed by atoms with E-state index in [0.717, 1.165) is 27.8 Å². The normalized spacial score (nSPS) is 11.8. The first kappa shape index (κ1) is 24.2. The van der Waals surface area contributed by atoms with Gasteiger partial charge < -0.3 is 10.2 Å². The highest BCUT2D eigenvalue weighted by Crippen LogP contribution is 2.18. The minimum Gasteiger partial charge on any atom is -0.352 e. The number of amides is 2. The summed E-state index contributed by atoms with van der Waals surface area (Å²) in [7, 11) is 0. The van der Waals surface area contributed by atoms with E-state index in [1.165, 1.54) is 0 Å². The number of hydrogen-bond acceptors (Lipinski definition) is 2. The van der Waals surface area contributed by atoms with Gasteiger partial charge in [-0.1, -0.05) is 84.4 Å². The van der Waals surface area contributed by atoms with Crippen molar-refractivity contribution < 1.29 is 9.59 Å². The molecule has 0 fully saturated rings. The number of hydrogen-bond donors (Lipinski definition) is 1. The predicted molar refractivity (Wildman–Crippen MR) is 134 cm³/mol. The van der Waals surface area contributed by atoms with Crippen LogP contribution in [0, 0.1) is 13.8 Å². The second kappa shape index (κ2) is 11.5. The van der Waals surface area contributed by atoms with Crippen LogP contribution in [0.1, 0.15) is 41.7 Å². The summed E-state index contributed by atoms with van der Waals surface area (Å²) in [6, 6.07) is 25.3. The predicted octanol–water partition coefficient (Wildman–Crippen LogP) is 5.01. The highest BCUT2D eigenvalue weighted by Gasteiger charge is 2.30. The Hall–Kier alpha value is -3.40. The number of nitrogens with one attached hydrogen (secondary N) is 1. The average Bonchev–Trinajstić information content (AvgIpc) is 2.78. The van der Waals surface area contributed by atoms with Gasteiger partial charge in [0, 0.05) is 19.0 Å². The van der Waals surface area contributed by atoms with Gasteiger partial charge in [-0.25, -0.2) is 0 Å². The molecule has 4 nitrogen and oxygen atoms in total. The molecule has 0 aliphatic rings. The molecule has 2 amide bonds. The number of nitrogens with zero attached hydrogens (tertiary/aromatic N) is 1. The Kier molecular flexibility index (Phi) is 8.42. The molecule has 0 aromatic heterocycles. The summed E-state index contributed by atoms with van der Waals surface area (Å²) in [6.07, 6.45) is 0.726. The maximum absolute atomic E-state index is 13.7.